The van der Waals surface area contributed by atoms with Crippen molar-refractivity contribution >= 4 is 21.2 Å². The van der Waals surface area contributed by atoms with E-state index in [4.69, 9.17) is 0 Å². The Kier molecular flexibility index (Phi) is 9.68. The summed E-state index contributed by atoms with van der Waals surface area (Å²) in [6.07, 6.45) is -1.74. The summed E-state index contributed by atoms with van der Waals surface area (Å²) in [6.45, 7) is 8.18. The van der Waals surface area contributed by atoms with E-state index >= 15 is 0 Å². The molecule has 3 aromatic rings. The van der Waals surface area contributed by atoms with E-state index in [2.05, 4.69) is 27.9 Å². The molecule has 4 nitrogen and oxygen atoms in total. The van der Waals surface area contributed by atoms with Crippen LogP contribution in [-0.4, -0.2) is 49.8 Å². The Hall–Kier alpha value is -2.97. The summed E-state index contributed by atoms with van der Waals surface area (Å²) < 4.78 is 51.0. The van der Waals surface area contributed by atoms with E-state index in [1.807, 2.05) is 51.1 Å². The third-order valence-electron chi connectivity index (χ3n) is 8.02. The second-order valence-electron chi connectivity index (χ2n) is 12.6. The first-order valence-corrected chi connectivity index (χ1v) is 16.2. The number of aryl methyl sites for hydroxylation is 1. The molecule has 2 heterocycles. The number of pyridine rings is 1. The molecule has 1 atom stereocenters. The predicted octanol–water partition coefficient (Wildman–Crippen LogP) is 7.75. The maximum atomic E-state index is 14.7. The number of rotatable bonds is 10. The van der Waals surface area contributed by atoms with Crippen molar-refractivity contribution in [3.63, 3.8) is 0 Å². The minimum absolute atomic E-state index is 0.0150. The molecule has 0 amide bonds. The van der Waals surface area contributed by atoms with E-state index in [-0.39, 0.29) is 17.6 Å². The SMILES string of the molecule is C=S(=O)(c1ccc(-c2ccc(CCCC(F)(F)F)cn2)cc1)C1(C(=O)CC(C)(C)C)CCN(Cc2ccccc2)CC1. The number of carbonyl (C=O) groups is 1. The van der Waals surface area contributed by atoms with Crippen LogP contribution in [0.5, 0.6) is 0 Å². The van der Waals surface area contributed by atoms with E-state index in [9.17, 15) is 22.2 Å². The third kappa shape index (κ3) is 7.90. The normalized spacial score (nSPS) is 17.5. The summed E-state index contributed by atoms with van der Waals surface area (Å²) in [6, 6.07) is 21.0. The van der Waals surface area contributed by atoms with Crippen molar-refractivity contribution in [2.24, 2.45) is 5.41 Å². The summed E-state index contributed by atoms with van der Waals surface area (Å²) >= 11 is 0. The molecule has 0 N–H and O–H groups in total. The Labute approximate surface area is 248 Å². The number of aromatic nitrogens is 1. The maximum absolute atomic E-state index is 14.7. The maximum Gasteiger partial charge on any atom is 0.389 e. The molecule has 1 aliphatic rings. The highest BCUT2D eigenvalue weighted by Crippen LogP contribution is 2.40. The zero-order valence-corrected chi connectivity index (χ0v) is 25.6. The van der Waals surface area contributed by atoms with Crippen LogP contribution in [0.1, 0.15) is 64.0 Å². The molecule has 42 heavy (non-hydrogen) atoms. The van der Waals surface area contributed by atoms with Gasteiger partial charge in [-0.2, -0.15) is 13.2 Å². The molecule has 0 spiro atoms. The summed E-state index contributed by atoms with van der Waals surface area (Å²) in [5.74, 6) is 4.26. The molecule has 1 aliphatic heterocycles. The number of benzene rings is 2. The van der Waals surface area contributed by atoms with Gasteiger partial charge in [0.2, 0.25) is 0 Å². The number of nitrogens with zero attached hydrogens (tertiary/aromatic N) is 2. The van der Waals surface area contributed by atoms with Crippen molar-refractivity contribution in [2.45, 2.75) is 81.7 Å². The molecule has 8 heteroatoms. The van der Waals surface area contributed by atoms with Crippen molar-refractivity contribution in [3.8, 4) is 11.3 Å². The summed E-state index contributed by atoms with van der Waals surface area (Å²) in [4.78, 5) is 21.3. The lowest BCUT2D eigenvalue weighted by Crippen LogP contribution is -2.54. The van der Waals surface area contributed by atoms with Gasteiger partial charge >= 0.3 is 6.18 Å². The molecule has 0 aliphatic carbocycles. The Morgan fingerprint density at radius 1 is 0.952 bits per heavy atom. The molecule has 1 saturated heterocycles. The van der Waals surface area contributed by atoms with Gasteiger partial charge in [0.25, 0.3) is 0 Å². The summed E-state index contributed by atoms with van der Waals surface area (Å²) in [7, 11) is -3.01. The number of likely N-dealkylation sites (tertiary alicyclic amines) is 1. The van der Waals surface area contributed by atoms with Crippen LogP contribution in [0, 0.1) is 5.41 Å². The fourth-order valence-electron chi connectivity index (χ4n) is 5.66. The Bertz CT molecular complexity index is 1440. The van der Waals surface area contributed by atoms with Crippen molar-refractivity contribution < 1.29 is 22.2 Å². The number of Topliss-reactive ketones (excluding diaryl/α,β-unsaturated/α-hetero) is 1. The number of piperidine rings is 1. The van der Waals surface area contributed by atoms with E-state index in [0.717, 1.165) is 17.7 Å². The number of carbonyl (C=O) groups excluding carboxylic acids is 1. The Morgan fingerprint density at radius 2 is 1.60 bits per heavy atom. The van der Waals surface area contributed by atoms with Gasteiger partial charge < -0.3 is 0 Å². The molecule has 2 aromatic carbocycles. The Balaban J connectivity index is 1.53. The quantitative estimate of drug-likeness (QED) is 0.224. The van der Waals surface area contributed by atoms with Gasteiger partial charge in [0, 0.05) is 58.7 Å². The summed E-state index contributed by atoms with van der Waals surface area (Å²) in [5.41, 5.74) is 3.18. The largest absolute Gasteiger partial charge is 0.389 e. The monoisotopic (exact) mass is 598 g/mol. The number of hydrogen-bond acceptors (Lipinski definition) is 4. The second kappa shape index (κ2) is 12.7. The van der Waals surface area contributed by atoms with Gasteiger partial charge in [0.05, 0.1) is 5.69 Å². The highest BCUT2D eigenvalue weighted by atomic mass is 32.2. The molecule has 1 fully saturated rings. The van der Waals surface area contributed by atoms with Gasteiger partial charge in [-0.3, -0.25) is 18.9 Å². The van der Waals surface area contributed by atoms with Crippen molar-refractivity contribution in [2.75, 3.05) is 13.1 Å². The zero-order chi connectivity index (χ0) is 30.6. The molecule has 4 rings (SSSR count). The average Bonchev–Trinajstić information content (AvgIpc) is 2.93. The number of alkyl halides is 3. The third-order valence-corrected chi connectivity index (χ3v) is 11.0. The standard InChI is InChI=1S/C34H41F3N2O2S/c1-32(2,3)23-31(40)33(19-21-39(22-20-33)25-27-9-6-5-7-10-27)42(4,41)29-15-13-28(14-16-29)30-17-12-26(24-38-30)11-8-18-34(35,36)37/h5-7,9-10,12-17,24H,4,8,11,18-23,25H2,1-3H3. The fraction of sp³-hybridized carbons (Fsp3) is 0.441. The smallest absolute Gasteiger partial charge is 0.299 e. The van der Waals surface area contributed by atoms with Gasteiger partial charge in [-0.25, -0.2) is 0 Å². The van der Waals surface area contributed by atoms with Crippen molar-refractivity contribution in [1.29, 1.82) is 0 Å². The number of halogens is 3. The lowest BCUT2D eigenvalue weighted by molar-refractivity contribution is -0.135. The lowest BCUT2D eigenvalue weighted by atomic mass is 9.81. The number of hydrogen-bond donors (Lipinski definition) is 0. The Morgan fingerprint density at radius 3 is 2.14 bits per heavy atom. The highest BCUT2D eigenvalue weighted by Gasteiger charge is 2.49. The van der Waals surface area contributed by atoms with Crippen LogP contribution in [0.3, 0.4) is 0 Å². The van der Waals surface area contributed by atoms with Crippen molar-refractivity contribution in [3.05, 3.63) is 84.1 Å². The minimum Gasteiger partial charge on any atom is -0.299 e. The van der Waals surface area contributed by atoms with Crippen LogP contribution >= 0.6 is 0 Å². The predicted molar refractivity (Wildman–Crippen MR) is 165 cm³/mol. The molecular weight excluding hydrogens is 557 g/mol. The first kappa shape index (κ1) is 32.0. The van der Waals surface area contributed by atoms with Crippen LogP contribution < -0.4 is 0 Å². The topological polar surface area (TPSA) is 50.3 Å². The lowest BCUT2D eigenvalue weighted by Gasteiger charge is -2.43. The summed E-state index contributed by atoms with van der Waals surface area (Å²) in [5, 5.41) is 0. The minimum atomic E-state index is -4.16. The molecule has 0 bridgehead atoms. The molecule has 1 unspecified atom stereocenters. The first-order valence-electron chi connectivity index (χ1n) is 14.5. The average molecular weight is 599 g/mol. The molecule has 1 aromatic heterocycles. The van der Waals surface area contributed by atoms with E-state index in [1.165, 1.54) is 5.56 Å². The van der Waals surface area contributed by atoms with E-state index in [0.29, 0.717) is 49.4 Å². The van der Waals surface area contributed by atoms with E-state index in [1.54, 1.807) is 30.5 Å². The first-order chi connectivity index (χ1) is 19.7. The van der Waals surface area contributed by atoms with Gasteiger partial charge in [-0.05, 0) is 66.3 Å². The van der Waals surface area contributed by atoms with Crippen molar-refractivity contribution in [1.82, 2.24) is 9.88 Å². The van der Waals surface area contributed by atoms with Gasteiger partial charge in [-0.15, -0.1) is 0 Å². The molecule has 0 saturated carbocycles. The van der Waals surface area contributed by atoms with E-state index < -0.39 is 26.9 Å². The van der Waals surface area contributed by atoms with Gasteiger partial charge in [0.15, 0.2) is 5.78 Å². The molecular formula is C34H41F3N2O2S. The fourth-order valence-corrected chi connectivity index (χ4v) is 7.97. The van der Waals surface area contributed by atoms with Crippen LogP contribution in [-0.2, 0) is 27.3 Å². The van der Waals surface area contributed by atoms with Crippen LogP contribution in [0.4, 0.5) is 13.2 Å². The zero-order valence-electron chi connectivity index (χ0n) is 24.8. The second-order valence-corrected chi connectivity index (χ2v) is 15.2. The van der Waals surface area contributed by atoms with Gasteiger partial charge in [-0.1, -0.05) is 69.3 Å². The van der Waals surface area contributed by atoms with Crippen LogP contribution in [0.2, 0.25) is 0 Å². The van der Waals surface area contributed by atoms with Crippen LogP contribution in [0.15, 0.2) is 77.8 Å². The van der Waals surface area contributed by atoms with Gasteiger partial charge in [0.1, 0.15) is 4.75 Å². The van der Waals surface area contributed by atoms with Crippen LogP contribution in [0.25, 0.3) is 11.3 Å². The molecule has 0 radical (unpaired) electrons. The molecule has 226 valence electrons. The highest BCUT2D eigenvalue weighted by molar-refractivity contribution is 8.02. The number of ketones is 1.